The Kier molecular flexibility index (Phi) is 4.46. The molecule has 0 fully saturated rings. The van der Waals surface area contributed by atoms with E-state index in [0.29, 0.717) is 6.54 Å². The normalized spacial score (nSPS) is 13.4. The van der Waals surface area contributed by atoms with E-state index in [-0.39, 0.29) is 5.91 Å². The molecule has 3 rings (SSSR count). The van der Waals surface area contributed by atoms with Crippen molar-refractivity contribution in [2.45, 2.75) is 23.6 Å². The summed E-state index contributed by atoms with van der Waals surface area (Å²) in [4.78, 5) is 17.3. The average Bonchev–Trinajstić information content (AvgIpc) is 2.59. The Balaban J connectivity index is 2.03. The van der Waals surface area contributed by atoms with Gasteiger partial charge in [-0.05, 0) is 38.1 Å². The zero-order valence-corrected chi connectivity index (χ0v) is 14.8. The molecule has 1 heterocycles. The van der Waals surface area contributed by atoms with Crippen molar-refractivity contribution in [3.05, 3.63) is 48.5 Å². The summed E-state index contributed by atoms with van der Waals surface area (Å²) in [5, 5.41) is 0. The van der Waals surface area contributed by atoms with Gasteiger partial charge in [0.15, 0.2) is 6.54 Å². The Morgan fingerprint density at radius 3 is 1.91 bits per heavy atom. The molecule has 23 heavy (non-hydrogen) atoms. The monoisotopic (exact) mass is 327 g/mol. The van der Waals surface area contributed by atoms with E-state index in [1.807, 2.05) is 41.3 Å². The molecule has 0 aliphatic carbocycles. The van der Waals surface area contributed by atoms with Gasteiger partial charge in [0.2, 0.25) is 0 Å². The number of benzene rings is 2. The van der Waals surface area contributed by atoms with E-state index < -0.39 is 0 Å². The molecule has 0 spiro atoms. The Labute approximate surface area is 142 Å². The lowest BCUT2D eigenvalue weighted by Crippen LogP contribution is -2.50. The lowest BCUT2D eigenvalue weighted by Gasteiger charge is -2.36. The molecule has 0 atom stereocenters. The summed E-state index contributed by atoms with van der Waals surface area (Å²) in [7, 11) is 2.15. The van der Waals surface area contributed by atoms with Crippen LogP contribution in [0.4, 0.5) is 11.4 Å². The Hall–Kier alpha value is -1.78. The summed E-state index contributed by atoms with van der Waals surface area (Å²) in [5.41, 5.74) is 2.00. The summed E-state index contributed by atoms with van der Waals surface area (Å²) in [6, 6.07) is 16.3. The molecule has 3 nitrogen and oxygen atoms in total. The van der Waals surface area contributed by atoms with Crippen molar-refractivity contribution in [2.24, 2.45) is 0 Å². The highest BCUT2D eigenvalue weighted by Crippen LogP contribution is 2.47. The van der Waals surface area contributed by atoms with Crippen LogP contribution < -0.4 is 4.90 Å². The van der Waals surface area contributed by atoms with Gasteiger partial charge in [-0.3, -0.25) is 9.69 Å². The number of hydrogen-bond donors (Lipinski definition) is 0. The smallest absolute Gasteiger partial charge is 0.286 e. The van der Waals surface area contributed by atoms with Crippen molar-refractivity contribution in [2.75, 3.05) is 31.6 Å². The second-order valence-electron chi connectivity index (χ2n) is 6.18. The number of carbonyl (C=O) groups excluding carboxylic acids is 1. The first-order valence-corrected chi connectivity index (χ1v) is 8.92. The molecule has 2 aromatic rings. The minimum absolute atomic E-state index is 0.163. The van der Waals surface area contributed by atoms with Gasteiger partial charge >= 0.3 is 0 Å². The number of hydrogen-bond acceptors (Lipinski definition) is 2. The second kappa shape index (κ2) is 6.38. The number of fused-ring (bicyclic) bond motifs is 2. The minimum Gasteiger partial charge on any atom is -0.319 e. The highest BCUT2D eigenvalue weighted by atomic mass is 32.2. The molecule has 4 heteroatoms. The number of amides is 1. The predicted octanol–water partition coefficient (Wildman–Crippen LogP) is 4.30. The second-order valence-corrected chi connectivity index (χ2v) is 7.26. The molecule has 120 valence electrons. The lowest BCUT2D eigenvalue weighted by atomic mass is 10.2. The van der Waals surface area contributed by atoms with Crippen LogP contribution in [0.2, 0.25) is 0 Å². The zero-order valence-electron chi connectivity index (χ0n) is 14.0. The lowest BCUT2D eigenvalue weighted by molar-refractivity contribution is -0.898. The van der Waals surface area contributed by atoms with Crippen LogP contribution in [0.15, 0.2) is 58.3 Å². The third kappa shape index (κ3) is 3.01. The van der Waals surface area contributed by atoms with Crippen molar-refractivity contribution in [1.29, 1.82) is 0 Å². The fraction of sp³-hybridized carbons (Fsp3) is 0.316. The quantitative estimate of drug-likeness (QED) is 0.780. The number of carbonyl (C=O) groups is 1. The van der Waals surface area contributed by atoms with Crippen LogP contribution in [0.3, 0.4) is 0 Å². The van der Waals surface area contributed by atoms with Crippen LogP contribution in [0.1, 0.15) is 13.8 Å². The van der Waals surface area contributed by atoms with Crippen molar-refractivity contribution in [1.82, 2.24) is 0 Å². The minimum atomic E-state index is 0.163. The van der Waals surface area contributed by atoms with Gasteiger partial charge in [0, 0.05) is 9.79 Å². The Morgan fingerprint density at radius 1 is 0.957 bits per heavy atom. The molecule has 0 bridgehead atoms. The van der Waals surface area contributed by atoms with Crippen LogP contribution in [0.5, 0.6) is 0 Å². The standard InChI is InChI=1S/C19H23N2OS/c1-4-21(3,5-2)14-19(22)20-15-10-6-8-12-17(15)23-18-13-9-7-11-16(18)20/h6-13H,4-5,14H2,1-3H3/q+1. The molecule has 0 aromatic heterocycles. The number of quaternary nitrogens is 1. The highest BCUT2D eigenvalue weighted by molar-refractivity contribution is 7.99. The molecule has 1 aliphatic heterocycles. The molecule has 1 aliphatic rings. The van der Waals surface area contributed by atoms with Gasteiger partial charge in [0.25, 0.3) is 5.91 Å². The van der Waals surface area contributed by atoms with Crippen LogP contribution in [-0.2, 0) is 4.79 Å². The van der Waals surface area contributed by atoms with E-state index in [9.17, 15) is 4.79 Å². The molecule has 0 saturated carbocycles. The maximum absolute atomic E-state index is 13.2. The Morgan fingerprint density at radius 2 is 1.43 bits per heavy atom. The largest absolute Gasteiger partial charge is 0.319 e. The predicted molar refractivity (Wildman–Crippen MR) is 96.3 cm³/mol. The van der Waals surface area contributed by atoms with Gasteiger partial charge in [0.05, 0.1) is 31.5 Å². The number of para-hydroxylation sites is 2. The van der Waals surface area contributed by atoms with E-state index in [1.54, 1.807) is 11.8 Å². The van der Waals surface area contributed by atoms with Crippen LogP contribution >= 0.6 is 11.8 Å². The van der Waals surface area contributed by atoms with Gasteiger partial charge in [-0.1, -0.05) is 36.0 Å². The topological polar surface area (TPSA) is 20.3 Å². The molecule has 0 saturated heterocycles. The maximum Gasteiger partial charge on any atom is 0.286 e. The van der Waals surface area contributed by atoms with E-state index >= 15 is 0 Å². The molecule has 0 radical (unpaired) electrons. The molecule has 2 aromatic carbocycles. The van der Waals surface area contributed by atoms with E-state index in [4.69, 9.17) is 0 Å². The van der Waals surface area contributed by atoms with Gasteiger partial charge in [-0.25, -0.2) is 0 Å². The summed E-state index contributed by atoms with van der Waals surface area (Å²) >= 11 is 1.73. The third-order valence-corrected chi connectivity index (χ3v) is 5.86. The molecular weight excluding hydrogens is 304 g/mol. The Bertz CT molecular complexity index is 679. The number of likely N-dealkylation sites (N-methyl/N-ethyl adjacent to an activating group) is 1. The maximum atomic E-state index is 13.2. The van der Waals surface area contributed by atoms with Gasteiger partial charge in [-0.15, -0.1) is 0 Å². The fourth-order valence-electron chi connectivity index (χ4n) is 2.82. The summed E-state index contributed by atoms with van der Waals surface area (Å²) in [6.45, 7) is 6.71. The van der Waals surface area contributed by atoms with Crippen LogP contribution in [-0.4, -0.2) is 37.1 Å². The van der Waals surface area contributed by atoms with E-state index in [1.165, 1.54) is 0 Å². The van der Waals surface area contributed by atoms with Gasteiger partial charge < -0.3 is 4.48 Å². The molecule has 1 amide bonds. The first-order valence-electron chi connectivity index (χ1n) is 8.10. The van der Waals surface area contributed by atoms with Crippen molar-refractivity contribution in [3.63, 3.8) is 0 Å². The number of rotatable bonds is 4. The molecule has 0 N–H and O–H groups in total. The van der Waals surface area contributed by atoms with Gasteiger partial charge in [-0.2, -0.15) is 0 Å². The molecule has 0 unspecified atom stereocenters. The third-order valence-electron chi connectivity index (χ3n) is 4.73. The van der Waals surface area contributed by atoms with E-state index in [0.717, 1.165) is 38.7 Å². The molecular formula is C19H23N2OS+. The SMILES string of the molecule is CC[N+](C)(CC)CC(=O)N1c2ccccc2Sc2ccccc21. The first kappa shape index (κ1) is 16.1. The van der Waals surface area contributed by atoms with Crippen LogP contribution in [0, 0.1) is 0 Å². The van der Waals surface area contributed by atoms with Crippen molar-refractivity contribution in [3.8, 4) is 0 Å². The zero-order chi connectivity index (χ0) is 16.4. The summed E-state index contributed by atoms with van der Waals surface area (Å²) in [5.74, 6) is 0.163. The van der Waals surface area contributed by atoms with Crippen LogP contribution in [0.25, 0.3) is 0 Å². The fourth-order valence-corrected chi connectivity index (χ4v) is 3.88. The van der Waals surface area contributed by atoms with Gasteiger partial charge in [0.1, 0.15) is 0 Å². The van der Waals surface area contributed by atoms with E-state index in [2.05, 4.69) is 33.0 Å². The average molecular weight is 327 g/mol. The summed E-state index contributed by atoms with van der Waals surface area (Å²) < 4.78 is 0.757. The number of nitrogens with zero attached hydrogens (tertiary/aromatic N) is 2. The first-order chi connectivity index (χ1) is 11.1. The highest BCUT2D eigenvalue weighted by Gasteiger charge is 2.32. The summed E-state index contributed by atoms with van der Waals surface area (Å²) in [6.07, 6.45) is 0. The number of anilines is 2. The van der Waals surface area contributed by atoms with Crippen molar-refractivity contribution < 1.29 is 9.28 Å². The van der Waals surface area contributed by atoms with Crippen molar-refractivity contribution >= 4 is 29.0 Å².